The molecule has 3 aromatic rings. The Hall–Kier alpha value is -2.66. The first kappa shape index (κ1) is 15.8. The Bertz CT molecular complexity index is 889. The van der Waals surface area contributed by atoms with Crippen LogP contribution in [0.5, 0.6) is 0 Å². The summed E-state index contributed by atoms with van der Waals surface area (Å²) >= 11 is 0. The van der Waals surface area contributed by atoms with Crippen LogP contribution in [0.4, 0.5) is 0 Å². The smallest absolute Gasteiger partial charge is 0.152 e. The summed E-state index contributed by atoms with van der Waals surface area (Å²) in [7, 11) is 0. The van der Waals surface area contributed by atoms with E-state index in [0.717, 1.165) is 40.8 Å². The Morgan fingerprint density at radius 1 is 1.04 bits per heavy atom. The molecule has 0 saturated carbocycles. The van der Waals surface area contributed by atoms with Crippen molar-refractivity contribution in [2.45, 2.75) is 19.3 Å². The van der Waals surface area contributed by atoms with Crippen LogP contribution in [0.1, 0.15) is 18.5 Å². The number of likely N-dealkylation sites (tertiary alicyclic amines) is 1. The number of hydrogen-bond donors (Lipinski definition) is 0. The first-order valence-electron chi connectivity index (χ1n) is 8.67. The van der Waals surface area contributed by atoms with E-state index in [9.17, 15) is 4.79 Å². The highest BCUT2D eigenvalue weighted by atomic mass is 16.1. The molecule has 0 amide bonds. The van der Waals surface area contributed by atoms with Gasteiger partial charge < -0.3 is 0 Å². The Kier molecular flexibility index (Phi) is 4.48. The molecule has 1 aliphatic rings. The number of carbonyl (C=O) groups excluding carboxylic acids is 1. The van der Waals surface area contributed by atoms with Gasteiger partial charge >= 0.3 is 0 Å². The summed E-state index contributed by atoms with van der Waals surface area (Å²) in [5.41, 5.74) is 3.69. The Morgan fingerprint density at radius 2 is 1.92 bits per heavy atom. The SMILES string of the molecule is O=C(Cc1cc2cc(-c3cccnc3)cnc2cn1)CN1CCCC1. The first-order valence-corrected chi connectivity index (χ1v) is 8.67. The lowest BCUT2D eigenvalue weighted by atomic mass is 10.1. The highest BCUT2D eigenvalue weighted by Gasteiger charge is 2.16. The quantitative estimate of drug-likeness (QED) is 0.719. The van der Waals surface area contributed by atoms with Gasteiger partial charge in [-0.1, -0.05) is 6.07 Å². The molecule has 5 nitrogen and oxygen atoms in total. The average Bonchev–Trinajstić information content (AvgIpc) is 3.14. The van der Waals surface area contributed by atoms with E-state index >= 15 is 0 Å². The summed E-state index contributed by atoms with van der Waals surface area (Å²) in [6, 6.07) is 7.98. The van der Waals surface area contributed by atoms with Crippen molar-refractivity contribution < 1.29 is 4.79 Å². The molecule has 126 valence electrons. The van der Waals surface area contributed by atoms with E-state index in [4.69, 9.17) is 0 Å². The molecule has 4 heterocycles. The molecule has 0 aliphatic carbocycles. The molecule has 4 rings (SSSR count). The molecule has 0 radical (unpaired) electrons. The molecule has 0 N–H and O–H groups in total. The van der Waals surface area contributed by atoms with Crippen LogP contribution in [0.25, 0.3) is 22.0 Å². The van der Waals surface area contributed by atoms with Gasteiger partial charge in [-0.3, -0.25) is 24.6 Å². The summed E-state index contributed by atoms with van der Waals surface area (Å²) in [6.07, 6.45) is 9.94. The van der Waals surface area contributed by atoms with Crippen molar-refractivity contribution in [2.24, 2.45) is 0 Å². The molecule has 1 fully saturated rings. The maximum absolute atomic E-state index is 12.3. The van der Waals surface area contributed by atoms with Gasteiger partial charge in [0.25, 0.3) is 0 Å². The van der Waals surface area contributed by atoms with E-state index in [1.54, 1.807) is 12.4 Å². The van der Waals surface area contributed by atoms with Gasteiger partial charge in [-0.2, -0.15) is 0 Å². The van der Waals surface area contributed by atoms with Crippen LogP contribution in [-0.4, -0.2) is 45.3 Å². The van der Waals surface area contributed by atoms with E-state index in [1.807, 2.05) is 30.6 Å². The van der Waals surface area contributed by atoms with Crippen LogP contribution >= 0.6 is 0 Å². The molecule has 0 bridgehead atoms. The monoisotopic (exact) mass is 332 g/mol. The predicted molar refractivity (Wildman–Crippen MR) is 97.2 cm³/mol. The zero-order valence-electron chi connectivity index (χ0n) is 14.1. The minimum Gasteiger partial charge on any atom is -0.298 e. The second-order valence-electron chi connectivity index (χ2n) is 6.53. The molecular formula is C20H20N4O. The molecule has 25 heavy (non-hydrogen) atoms. The maximum Gasteiger partial charge on any atom is 0.152 e. The summed E-state index contributed by atoms with van der Waals surface area (Å²) in [4.78, 5) is 27.6. The minimum atomic E-state index is 0.227. The van der Waals surface area contributed by atoms with Crippen molar-refractivity contribution in [3.05, 3.63) is 54.7 Å². The van der Waals surface area contributed by atoms with Crippen LogP contribution in [0, 0.1) is 0 Å². The highest BCUT2D eigenvalue weighted by molar-refractivity contribution is 5.86. The highest BCUT2D eigenvalue weighted by Crippen LogP contribution is 2.22. The third-order valence-electron chi connectivity index (χ3n) is 4.60. The lowest BCUT2D eigenvalue weighted by Gasteiger charge is -2.13. The van der Waals surface area contributed by atoms with E-state index in [2.05, 4.69) is 25.9 Å². The standard InChI is InChI=1S/C20H20N4O/c25-19(14-24-6-1-2-7-24)10-18-9-16-8-17(12-23-20(16)13-22-18)15-4-3-5-21-11-15/h3-5,8-9,11-13H,1-2,6-7,10,14H2. The molecular weight excluding hydrogens is 312 g/mol. The van der Waals surface area contributed by atoms with Crippen molar-refractivity contribution in [1.82, 2.24) is 19.9 Å². The van der Waals surface area contributed by atoms with Crippen molar-refractivity contribution in [1.29, 1.82) is 0 Å². The van der Waals surface area contributed by atoms with Crippen LogP contribution in [0.2, 0.25) is 0 Å². The molecule has 1 saturated heterocycles. The molecule has 0 spiro atoms. The number of Topliss-reactive ketones (excluding diaryl/α,β-unsaturated/α-hetero) is 1. The van der Waals surface area contributed by atoms with Crippen LogP contribution in [0.3, 0.4) is 0 Å². The maximum atomic E-state index is 12.3. The second-order valence-corrected chi connectivity index (χ2v) is 6.53. The van der Waals surface area contributed by atoms with E-state index in [1.165, 1.54) is 12.8 Å². The van der Waals surface area contributed by atoms with Gasteiger partial charge in [0.15, 0.2) is 5.78 Å². The summed E-state index contributed by atoms with van der Waals surface area (Å²) in [6.45, 7) is 2.61. The molecule has 0 unspecified atom stereocenters. The molecule has 0 aromatic carbocycles. The number of ketones is 1. The third-order valence-corrected chi connectivity index (χ3v) is 4.60. The molecule has 0 atom stereocenters. The summed E-state index contributed by atoms with van der Waals surface area (Å²) < 4.78 is 0. The lowest BCUT2D eigenvalue weighted by Crippen LogP contribution is -2.27. The Morgan fingerprint density at radius 3 is 2.72 bits per heavy atom. The zero-order valence-corrected chi connectivity index (χ0v) is 14.1. The van der Waals surface area contributed by atoms with E-state index in [-0.39, 0.29) is 5.78 Å². The number of carbonyl (C=O) groups is 1. The largest absolute Gasteiger partial charge is 0.298 e. The molecule has 1 aliphatic heterocycles. The topological polar surface area (TPSA) is 59.0 Å². The van der Waals surface area contributed by atoms with Crippen molar-refractivity contribution in [3.8, 4) is 11.1 Å². The van der Waals surface area contributed by atoms with Crippen molar-refractivity contribution in [3.63, 3.8) is 0 Å². The lowest BCUT2D eigenvalue weighted by molar-refractivity contribution is -0.119. The fourth-order valence-corrected chi connectivity index (χ4v) is 3.31. The number of aromatic nitrogens is 3. The number of rotatable bonds is 5. The fourth-order valence-electron chi connectivity index (χ4n) is 3.31. The molecule has 5 heteroatoms. The zero-order chi connectivity index (χ0) is 17.1. The number of pyridine rings is 3. The first-order chi connectivity index (χ1) is 12.3. The van der Waals surface area contributed by atoms with Crippen LogP contribution in [-0.2, 0) is 11.2 Å². The number of nitrogens with zero attached hydrogens (tertiary/aromatic N) is 4. The van der Waals surface area contributed by atoms with Crippen molar-refractivity contribution >= 4 is 16.7 Å². The average molecular weight is 332 g/mol. The van der Waals surface area contributed by atoms with E-state index in [0.29, 0.717) is 13.0 Å². The number of hydrogen-bond acceptors (Lipinski definition) is 5. The van der Waals surface area contributed by atoms with Gasteiger partial charge in [-0.25, -0.2) is 0 Å². The van der Waals surface area contributed by atoms with Crippen LogP contribution < -0.4 is 0 Å². The number of fused-ring (bicyclic) bond motifs is 1. The Balaban J connectivity index is 1.55. The Labute approximate surface area is 146 Å². The van der Waals surface area contributed by atoms with Gasteiger partial charge in [-0.05, 0) is 44.1 Å². The second kappa shape index (κ2) is 7.07. The predicted octanol–water partition coefficient (Wildman–Crippen LogP) is 2.90. The van der Waals surface area contributed by atoms with Gasteiger partial charge in [0, 0.05) is 40.8 Å². The van der Waals surface area contributed by atoms with Gasteiger partial charge in [0.05, 0.1) is 24.7 Å². The minimum absolute atomic E-state index is 0.227. The van der Waals surface area contributed by atoms with Gasteiger partial charge in [0.2, 0.25) is 0 Å². The third kappa shape index (κ3) is 3.72. The van der Waals surface area contributed by atoms with Crippen molar-refractivity contribution in [2.75, 3.05) is 19.6 Å². The van der Waals surface area contributed by atoms with Gasteiger partial charge in [-0.15, -0.1) is 0 Å². The summed E-state index contributed by atoms with van der Waals surface area (Å²) in [5.74, 6) is 0.227. The van der Waals surface area contributed by atoms with E-state index < -0.39 is 0 Å². The normalized spacial score (nSPS) is 14.9. The fraction of sp³-hybridized carbons (Fsp3) is 0.300. The van der Waals surface area contributed by atoms with Gasteiger partial charge in [0.1, 0.15) is 0 Å². The summed E-state index contributed by atoms with van der Waals surface area (Å²) in [5, 5.41) is 1.00. The molecule has 3 aromatic heterocycles. The van der Waals surface area contributed by atoms with Crippen LogP contribution in [0.15, 0.2) is 49.1 Å².